The Morgan fingerprint density at radius 3 is 2.00 bits per heavy atom. The van der Waals surface area contributed by atoms with E-state index in [0.29, 0.717) is 11.3 Å². The van der Waals surface area contributed by atoms with Crippen molar-refractivity contribution in [2.75, 3.05) is 0 Å². The smallest absolute Gasteiger partial charge is 0.434 e. The van der Waals surface area contributed by atoms with E-state index in [9.17, 15) is 26.3 Å². The molecule has 1 aromatic rings. The second-order valence-corrected chi connectivity index (χ2v) is 6.17. The largest absolute Gasteiger partial charge is 0.446 e. The van der Waals surface area contributed by atoms with Gasteiger partial charge in [0.05, 0.1) is 6.54 Å². The molecule has 0 aromatic carbocycles. The first kappa shape index (κ1) is 18.0. The van der Waals surface area contributed by atoms with E-state index in [1.165, 1.54) is 0 Å². The Hall–Kier alpha value is -1.10. The van der Waals surface area contributed by atoms with E-state index in [-0.39, 0.29) is 17.1 Å². The van der Waals surface area contributed by atoms with Gasteiger partial charge in [-0.15, -0.1) is 5.10 Å². The summed E-state index contributed by atoms with van der Waals surface area (Å²) in [5.41, 5.74) is -0.285. The van der Waals surface area contributed by atoms with Crippen LogP contribution in [0.15, 0.2) is 0 Å². The van der Waals surface area contributed by atoms with Crippen molar-refractivity contribution in [1.82, 2.24) is 15.5 Å². The Morgan fingerprint density at radius 1 is 1.05 bits per heavy atom. The molecule has 1 aromatic heterocycles. The molecule has 1 heterocycles. The first-order chi connectivity index (χ1) is 9.29. The van der Waals surface area contributed by atoms with E-state index < -0.39 is 23.7 Å². The number of alkyl halides is 6. The topological polar surface area (TPSA) is 47.0 Å². The highest BCUT2D eigenvalue weighted by Crippen LogP contribution is 2.37. The molecule has 0 fully saturated rings. The van der Waals surface area contributed by atoms with Crippen LogP contribution in [0.25, 0.3) is 0 Å². The van der Waals surface area contributed by atoms with Gasteiger partial charge in [-0.2, -0.15) is 26.3 Å². The van der Waals surface area contributed by atoms with E-state index in [1.54, 1.807) is 0 Å². The zero-order valence-electron chi connectivity index (χ0n) is 11.3. The molecular weight excluding hydrogens is 324 g/mol. The molecule has 0 aliphatic carbocycles. The van der Waals surface area contributed by atoms with E-state index >= 15 is 0 Å². The van der Waals surface area contributed by atoms with Crippen molar-refractivity contribution in [3.05, 3.63) is 5.01 Å². The van der Waals surface area contributed by atoms with Gasteiger partial charge in [0.2, 0.25) is 0 Å². The van der Waals surface area contributed by atoms with E-state index in [1.807, 2.05) is 20.8 Å². The van der Waals surface area contributed by atoms with Crippen LogP contribution in [0, 0.1) is 0 Å². The minimum Gasteiger partial charge on any atom is -0.446 e. The Kier molecular flexibility index (Phi) is 5.09. The molecule has 4 nitrogen and oxygen atoms in total. The van der Waals surface area contributed by atoms with Crippen LogP contribution in [-0.2, 0) is 6.54 Å². The van der Waals surface area contributed by atoms with Crippen molar-refractivity contribution in [2.45, 2.75) is 51.3 Å². The summed E-state index contributed by atoms with van der Waals surface area (Å²) in [6.07, 6.45) is -15.1. The highest BCUT2D eigenvalue weighted by molar-refractivity contribution is 7.13. The van der Waals surface area contributed by atoms with Crippen LogP contribution in [0.2, 0.25) is 0 Å². The monoisotopic (exact) mass is 337 g/mol. The van der Waals surface area contributed by atoms with Gasteiger partial charge in [0.25, 0.3) is 11.3 Å². The van der Waals surface area contributed by atoms with E-state index in [4.69, 9.17) is 0 Å². The van der Waals surface area contributed by atoms with Crippen LogP contribution in [0.3, 0.4) is 0 Å². The minimum atomic E-state index is -5.58. The third kappa shape index (κ3) is 6.04. The molecule has 0 atom stereocenters. The molecule has 122 valence electrons. The molecule has 0 aliphatic rings. The third-order valence-corrected chi connectivity index (χ3v) is 2.85. The molecule has 21 heavy (non-hydrogen) atoms. The Bertz CT molecular complexity index is 451. The zero-order valence-corrected chi connectivity index (χ0v) is 12.1. The molecule has 0 aliphatic heterocycles. The van der Waals surface area contributed by atoms with Gasteiger partial charge in [0.1, 0.15) is 5.01 Å². The van der Waals surface area contributed by atoms with E-state index in [0.717, 1.165) is 0 Å². The van der Waals surface area contributed by atoms with Crippen LogP contribution in [0.5, 0.6) is 5.19 Å². The summed E-state index contributed by atoms with van der Waals surface area (Å²) >= 11 is 0.527. The van der Waals surface area contributed by atoms with Crippen molar-refractivity contribution < 1.29 is 31.1 Å². The average Bonchev–Trinajstić information content (AvgIpc) is 2.66. The molecule has 0 bridgehead atoms. The molecule has 0 saturated carbocycles. The molecule has 0 saturated heterocycles. The first-order valence-corrected chi connectivity index (χ1v) is 6.48. The van der Waals surface area contributed by atoms with Crippen molar-refractivity contribution in [3.8, 4) is 5.19 Å². The molecule has 1 rings (SSSR count). The summed E-state index contributed by atoms with van der Waals surface area (Å²) < 4.78 is 77.8. The highest BCUT2D eigenvalue weighted by atomic mass is 32.1. The lowest BCUT2D eigenvalue weighted by Crippen LogP contribution is -2.46. The predicted molar refractivity (Wildman–Crippen MR) is 63.0 cm³/mol. The highest BCUT2D eigenvalue weighted by Gasteiger charge is 2.59. The summed E-state index contributed by atoms with van der Waals surface area (Å²) in [5, 5.41) is 9.09. The fraction of sp³-hybridized carbons (Fsp3) is 0.800. The second kappa shape index (κ2) is 5.95. The number of halogens is 6. The maximum Gasteiger partial charge on any atom is 0.434 e. The fourth-order valence-electron chi connectivity index (χ4n) is 1.12. The van der Waals surface area contributed by atoms with Gasteiger partial charge in [-0.1, -0.05) is 16.4 Å². The van der Waals surface area contributed by atoms with Crippen LogP contribution in [-0.4, -0.2) is 34.2 Å². The third-order valence-electron chi connectivity index (χ3n) is 2.03. The Morgan fingerprint density at radius 2 is 1.57 bits per heavy atom. The number of nitrogens with zero attached hydrogens (tertiary/aromatic N) is 2. The second-order valence-electron chi connectivity index (χ2n) is 5.15. The molecule has 0 amide bonds. The Balaban J connectivity index is 2.76. The standard InChI is InChI=1S/C10H13F6N3OS/c1-8(2,3)17-4-5-18-19-7(21-5)20-6(9(11,12)13)10(14,15)16/h6,17H,4H2,1-3H3. The Labute approximate surface area is 120 Å². The number of hydrogen-bond acceptors (Lipinski definition) is 5. The van der Waals surface area contributed by atoms with Crippen molar-refractivity contribution >= 4 is 11.3 Å². The van der Waals surface area contributed by atoms with Gasteiger partial charge >= 0.3 is 12.4 Å². The number of aromatic nitrogens is 2. The summed E-state index contributed by atoms with van der Waals surface area (Å²) in [5.74, 6) is 0. The van der Waals surface area contributed by atoms with Crippen LogP contribution < -0.4 is 10.1 Å². The van der Waals surface area contributed by atoms with Crippen LogP contribution in [0.4, 0.5) is 26.3 Å². The minimum absolute atomic E-state index is 0.160. The predicted octanol–water partition coefficient (Wildman–Crippen LogP) is 3.30. The summed E-state index contributed by atoms with van der Waals surface area (Å²) in [7, 11) is 0. The SMILES string of the molecule is CC(C)(C)NCc1nnc(OC(C(F)(F)F)C(F)(F)F)s1. The number of nitrogens with one attached hydrogen (secondary N) is 1. The molecule has 0 unspecified atom stereocenters. The number of rotatable bonds is 4. The molecular formula is C10H13F6N3OS. The molecule has 0 radical (unpaired) electrons. The quantitative estimate of drug-likeness (QED) is 0.857. The van der Waals surface area contributed by atoms with Gasteiger partial charge in [0.15, 0.2) is 0 Å². The maximum atomic E-state index is 12.3. The van der Waals surface area contributed by atoms with Gasteiger partial charge in [0, 0.05) is 5.54 Å². The van der Waals surface area contributed by atoms with E-state index in [2.05, 4.69) is 20.3 Å². The lowest BCUT2D eigenvalue weighted by Gasteiger charge is -2.22. The zero-order chi connectivity index (χ0) is 16.5. The molecule has 0 spiro atoms. The van der Waals surface area contributed by atoms with Crippen molar-refractivity contribution in [2.24, 2.45) is 0 Å². The average molecular weight is 337 g/mol. The van der Waals surface area contributed by atoms with Crippen molar-refractivity contribution in [3.63, 3.8) is 0 Å². The fourth-order valence-corrected chi connectivity index (χ4v) is 1.77. The molecule has 1 N–H and O–H groups in total. The maximum absolute atomic E-state index is 12.3. The summed E-state index contributed by atoms with van der Waals surface area (Å²) in [4.78, 5) is 0. The lowest BCUT2D eigenvalue weighted by atomic mass is 10.1. The first-order valence-electron chi connectivity index (χ1n) is 5.66. The van der Waals surface area contributed by atoms with Gasteiger partial charge in [-0.25, -0.2) is 0 Å². The van der Waals surface area contributed by atoms with Crippen LogP contribution >= 0.6 is 11.3 Å². The van der Waals surface area contributed by atoms with Gasteiger partial charge in [-0.3, -0.25) is 0 Å². The summed E-state index contributed by atoms with van der Waals surface area (Å²) in [6.45, 7) is 5.69. The van der Waals surface area contributed by atoms with Crippen LogP contribution in [0.1, 0.15) is 25.8 Å². The normalized spacial score (nSPS) is 13.8. The van der Waals surface area contributed by atoms with Gasteiger partial charge < -0.3 is 10.1 Å². The lowest BCUT2D eigenvalue weighted by molar-refractivity contribution is -0.299. The number of hydrogen-bond donors (Lipinski definition) is 1. The van der Waals surface area contributed by atoms with Gasteiger partial charge in [-0.05, 0) is 20.8 Å². The number of ether oxygens (including phenoxy) is 1. The molecule has 11 heteroatoms. The van der Waals surface area contributed by atoms with Crippen molar-refractivity contribution in [1.29, 1.82) is 0 Å². The summed E-state index contributed by atoms with van der Waals surface area (Å²) in [6, 6.07) is 0.